The summed E-state index contributed by atoms with van der Waals surface area (Å²) in [7, 11) is 0. The monoisotopic (exact) mass is 330 g/mol. The highest BCUT2D eigenvalue weighted by Crippen LogP contribution is 2.23. The van der Waals surface area contributed by atoms with E-state index in [-0.39, 0.29) is 36.4 Å². The molecule has 3 rings (SSSR count). The van der Waals surface area contributed by atoms with Crippen LogP contribution in [0.25, 0.3) is 0 Å². The third kappa shape index (κ3) is 3.06. The number of fused-ring (bicyclic) bond motifs is 1. The van der Waals surface area contributed by atoms with Gasteiger partial charge in [-0.05, 0) is 32.4 Å². The Kier molecular flexibility index (Phi) is 4.66. The average molecular weight is 330 g/mol. The Hall–Kier alpha value is -2.21. The summed E-state index contributed by atoms with van der Waals surface area (Å²) in [6.45, 7) is 5.32. The predicted octanol–water partition coefficient (Wildman–Crippen LogP) is 1.70. The zero-order valence-corrected chi connectivity index (χ0v) is 14.0. The van der Waals surface area contributed by atoms with Gasteiger partial charge in [-0.3, -0.25) is 19.3 Å². The van der Waals surface area contributed by atoms with E-state index in [0.29, 0.717) is 37.1 Å². The standard InChI is InChI=1S/C18H22N2O4/c1-12-11-24-13(2)10-20(12)16(21)8-5-9-19-17(22)14-6-3-4-7-15(14)18(19)23/h3-4,6-7,12-13H,5,8-11H2,1-2H3. The summed E-state index contributed by atoms with van der Waals surface area (Å²) in [5.41, 5.74) is 0.897. The number of hydrogen-bond acceptors (Lipinski definition) is 4. The van der Waals surface area contributed by atoms with Gasteiger partial charge >= 0.3 is 0 Å². The molecule has 128 valence electrons. The molecule has 0 aromatic heterocycles. The van der Waals surface area contributed by atoms with Crippen LogP contribution in [0.1, 0.15) is 47.4 Å². The summed E-state index contributed by atoms with van der Waals surface area (Å²) in [4.78, 5) is 40.0. The molecular formula is C18H22N2O4. The van der Waals surface area contributed by atoms with Gasteiger partial charge in [-0.1, -0.05) is 12.1 Å². The minimum absolute atomic E-state index is 0.0430. The van der Waals surface area contributed by atoms with E-state index < -0.39 is 0 Å². The fraction of sp³-hybridized carbons (Fsp3) is 0.500. The molecule has 2 aliphatic rings. The van der Waals surface area contributed by atoms with E-state index in [1.54, 1.807) is 24.3 Å². The van der Waals surface area contributed by atoms with Crippen LogP contribution >= 0.6 is 0 Å². The molecule has 2 aliphatic heterocycles. The summed E-state index contributed by atoms with van der Waals surface area (Å²) in [6.07, 6.45) is 0.842. The number of imide groups is 1. The molecule has 1 aromatic rings. The van der Waals surface area contributed by atoms with Gasteiger partial charge in [0.15, 0.2) is 0 Å². The van der Waals surface area contributed by atoms with Crippen molar-refractivity contribution in [1.29, 1.82) is 0 Å². The van der Waals surface area contributed by atoms with Gasteiger partial charge in [0.25, 0.3) is 11.8 Å². The molecule has 0 N–H and O–H groups in total. The van der Waals surface area contributed by atoms with E-state index in [1.165, 1.54) is 4.90 Å². The lowest BCUT2D eigenvalue weighted by atomic mass is 10.1. The lowest BCUT2D eigenvalue weighted by Gasteiger charge is -2.37. The van der Waals surface area contributed by atoms with E-state index in [0.717, 1.165) is 0 Å². The highest BCUT2D eigenvalue weighted by molar-refractivity contribution is 6.21. The van der Waals surface area contributed by atoms with Crippen molar-refractivity contribution in [2.24, 2.45) is 0 Å². The first-order valence-corrected chi connectivity index (χ1v) is 8.35. The number of morpholine rings is 1. The minimum Gasteiger partial charge on any atom is -0.375 e. The van der Waals surface area contributed by atoms with Crippen LogP contribution in [0.3, 0.4) is 0 Å². The fourth-order valence-electron chi connectivity index (χ4n) is 3.22. The molecule has 6 nitrogen and oxygen atoms in total. The number of carbonyl (C=O) groups excluding carboxylic acids is 3. The van der Waals surface area contributed by atoms with Gasteiger partial charge in [0, 0.05) is 19.5 Å². The van der Waals surface area contributed by atoms with Crippen LogP contribution in [0.4, 0.5) is 0 Å². The van der Waals surface area contributed by atoms with Crippen molar-refractivity contribution in [3.05, 3.63) is 35.4 Å². The molecule has 2 unspecified atom stereocenters. The molecule has 0 radical (unpaired) electrons. The average Bonchev–Trinajstić information content (AvgIpc) is 2.82. The highest BCUT2D eigenvalue weighted by atomic mass is 16.5. The summed E-state index contributed by atoms with van der Waals surface area (Å²) in [5.74, 6) is -0.484. The summed E-state index contributed by atoms with van der Waals surface area (Å²) in [5, 5.41) is 0. The molecule has 1 aromatic carbocycles. The molecule has 0 saturated carbocycles. The van der Waals surface area contributed by atoms with Gasteiger partial charge in [-0.15, -0.1) is 0 Å². The summed E-state index contributed by atoms with van der Waals surface area (Å²) >= 11 is 0. The first-order chi connectivity index (χ1) is 11.5. The molecule has 3 amide bonds. The van der Waals surface area contributed by atoms with Crippen LogP contribution in [0.5, 0.6) is 0 Å². The quantitative estimate of drug-likeness (QED) is 0.788. The van der Waals surface area contributed by atoms with Gasteiger partial charge in [-0.2, -0.15) is 0 Å². The smallest absolute Gasteiger partial charge is 0.261 e. The van der Waals surface area contributed by atoms with Gasteiger partial charge in [0.1, 0.15) is 0 Å². The van der Waals surface area contributed by atoms with E-state index in [9.17, 15) is 14.4 Å². The lowest BCUT2D eigenvalue weighted by molar-refractivity contribution is -0.143. The second-order valence-electron chi connectivity index (χ2n) is 6.45. The number of rotatable bonds is 4. The molecule has 1 fully saturated rings. The van der Waals surface area contributed by atoms with Crippen molar-refractivity contribution < 1.29 is 19.1 Å². The topological polar surface area (TPSA) is 66.9 Å². The first kappa shape index (κ1) is 16.6. The SMILES string of the molecule is CC1CN(C(=O)CCCN2C(=O)c3ccccc3C2=O)C(C)CO1. The Morgan fingerprint density at radius 1 is 1.17 bits per heavy atom. The second kappa shape index (κ2) is 6.73. The minimum atomic E-state index is -0.267. The molecule has 0 spiro atoms. The Balaban J connectivity index is 1.55. The van der Waals surface area contributed by atoms with E-state index in [1.807, 2.05) is 18.7 Å². The van der Waals surface area contributed by atoms with Crippen molar-refractivity contribution in [3.8, 4) is 0 Å². The number of ether oxygens (including phenoxy) is 1. The Morgan fingerprint density at radius 3 is 2.42 bits per heavy atom. The molecule has 1 saturated heterocycles. The van der Waals surface area contributed by atoms with Crippen LogP contribution < -0.4 is 0 Å². The van der Waals surface area contributed by atoms with Crippen LogP contribution in [0.2, 0.25) is 0 Å². The van der Waals surface area contributed by atoms with E-state index in [2.05, 4.69) is 0 Å². The maximum atomic E-state index is 12.4. The Morgan fingerprint density at radius 2 is 1.79 bits per heavy atom. The molecule has 0 bridgehead atoms. The molecule has 2 heterocycles. The van der Waals surface area contributed by atoms with Gasteiger partial charge in [0.05, 0.1) is 29.9 Å². The zero-order valence-electron chi connectivity index (χ0n) is 14.0. The summed E-state index contributed by atoms with van der Waals surface area (Å²) in [6, 6.07) is 6.89. The Bertz CT molecular complexity index is 638. The first-order valence-electron chi connectivity index (χ1n) is 8.35. The molecule has 6 heteroatoms. The van der Waals surface area contributed by atoms with Crippen molar-refractivity contribution in [2.75, 3.05) is 19.7 Å². The molecular weight excluding hydrogens is 308 g/mol. The third-order valence-electron chi connectivity index (χ3n) is 4.58. The van der Waals surface area contributed by atoms with Crippen molar-refractivity contribution in [1.82, 2.24) is 9.80 Å². The number of amides is 3. The third-order valence-corrected chi connectivity index (χ3v) is 4.58. The Labute approximate surface area is 141 Å². The maximum Gasteiger partial charge on any atom is 0.261 e. The van der Waals surface area contributed by atoms with Gasteiger partial charge in [0.2, 0.25) is 5.91 Å². The van der Waals surface area contributed by atoms with Gasteiger partial charge < -0.3 is 9.64 Å². The highest BCUT2D eigenvalue weighted by Gasteiger charge is 2.35. The molecule has 0 aliphatic carbocycles. The van der Waals surface area contributed by atoms with E-state index in [4.69, 9.17) is 4.74 Å². The van der Waals surface area contributed by atoms with Gasteiger partial charge in [-0.25, -0.2) is 0 Å². The van der Waals surface area contributed by atoms with Crippen LogP contribution in [0, 0.1) is 0 Å². The number of nitrogens with zero attached hydrogens (tertiary/aromatic N) is 2. The fourth-order valence-corrected chi connectivity index (χ4v) is 3.22. The lowest BCUT2D eigenvalue weighted by Crippen LogP contribution is -2.50. The van der Waals surface area contributed by atoms with E-state index >= 15 is 0 Å². The van der Waals surface area contributed by atoms with Crippen molar-refractivity contribution in [3.63, 3.8) is 0 Å². The normalized spacial score (nSPS) is 23.6. The zero-order chi connectivity index (χ0) is 17.3. The largest absolute Gasteiger partial charge is 0.375 e. The number of hydrogen-bond donors (Lipinski definition) is 0. The maximum absolute atomic E-state index is 12.4. The van der Waals surface area contributed by atoms with Crippen molar-refractivity contribution >= 4 is 17.7 Å². The second-order valence-corrected chi connectivity index (χ2v) is 6.45. The predicted molar refractivity (Wildman–Crippen MR) is 87.6 cm³/mol. The van der Waals surface area contributed by atoms with Crippen LogP contribution in [-0.2, 0) is 9.53 Å². The molecule has 24 heavy (non-hydrogen) atoms. The van der Waals surface area contributed by atoms with Crippen LogP contribution in [0.15, 0.2) is 24.3 Å². The number of carbonyl (C=O) groups is 3. The van der Waals surface area contributed by atoms with Crippen molar-refractivity contribution in [2.45, 2.75) is 38.8 Å². The molecule has 2 atom stereocenters. The summed E-state index contributed by atoms with van der Waals surface area (Å²) < 4.78 is 5.53. The van der Waals surface area contributed by atoms with Crippen LogP contribution in [-0.4, -0.2) is 59.4 Å². The number of benzene rings is 1.